The summed E-state index contributed by atoms with van der Waals surface area (Å²) in [6.07, 6.45) is -3.61. The van der Waals surface area contributed by atoms with Crippen LogP contribution in [0.15, 0.2) is 60.7 Å². The van der Waals surface area contributed by atoms with Gasteiger partial charge in [0.15, 0.2) is 0 Å². The highest BCUT2D eigenvalue weighted by molar-refractivity contribution is 5.65. The highest BCUT2D eigenvalue weighted by atomic mass is 19.4. The molecule has 0 radical (unpaired) electrons. The summed E-state index contributed by atoms with van der Waals surface area (Å²) in [5, 5.41) is 2.88. The van der Waals surface area contributed by atoms with Crippen LogP contribution in [0, 0.1) is 6.92 Å². The lowest BCUT2D eigenvalue weighted by Gasteiger charge is -2.11. The van der Waals surface area contributed by atoms with E-state index in [1.165, 1.54) is 5.56 Å². The van der Waals surface area contributed by atoms with E-state index >= 15 is 0 Å². The Morgan fingerprint density at radius 3 is 2.33 bits per heavy atom. The van der Waals surface area contributed by atoms with E-state index < -0.39 is 12.6 Å². The Labute approximate surface area is 159 Å². The summed E-state index contributed by atoms with van der Waals surface area (Å²) in [5.74, 6) is 0.414. The highest BCUT2D eigenvalue weighted by Crippen LogP contribution is 2.23. The van der Waals surface area contributed by atoms with Gasteiger partial charge in [-0.15, -0.1) is 0 Å². The maximum absolute atomic E-state index is 12.0. The second kappa shape index (κ2) is 11.4. The van der Waals surface area contributed by atoms with E-state index in [0.717, 1.165) is 11.1 Å². The third-order valence-corrected chi connectivity index (χ3v) is 3.65. The number of likely N-dealkylation sites (N-methyl/N-ethyl adjacent to an activating group) is 1. The first kappa shape index (κ1) is 22.7. The van der Waals surface area contributed by atoms with Crippen LogP contribution in [0.1, 0.15) is 24.5 Å². The van der Waals surface area contributed by atoms with Crippen molar-refractivity contribution >= 4 is 5.57 Å². The van der Waals surface area contributed by atoms with E-state index in [0.29, 0.717) is 5.75 Å². The van der Waals surface area contributed by atoms with Crippen LogP contribution in [0.4, 0.5) is 13.2 Å². The zero-order valence-electron chi connectivity index (χ0n) is 15.9. The van der Waals surface area contributed by atoms with Crippen molar-refractivity contribution in [3.05, 3.63) is 71.8 Å². The number of ether oxygens (including phenoxy) is 1. The molecule has 0 saturated heterocycles. The minimum atomic E-state index is -4.20. The zero-order valence-corrected chi connectivity index (χ0v) is 15.9. The number of hydrogen-bond donors (Lipinski definition) is 2. The molecule has 27 heavy (non-hydrogen) atoms. The molecule has 0 aliphatic rings. The van der Waals surface area contributed by atoms with Crippen molar-refractivity contribution in [2.45, 2.75) is 32.6 Å². The maximum Gasteiger partial charge on any atom is 0.392 e. The van der Waals surface area contributed by atoms with Crippen LogP contribution in [0.3, 0.4) is 0 Å². The molecule has 0 heterocycles. The number of halogens is 3. The third kappa shape index (κ3) is 10.4. The number of hydrogen-bond acceptors (Lipinski definition) is 3. The molecule has 1 unspecified atom stereocenters. The van der Waals surface area contributed by atoms with E-state index in [1.54, 1.807) is 25.2 Å². The van der Waals surface area contributed by atoms with E-state index in [1.807, 2.05) is 37.3 Å². The van der Waals surface area contributed by atoms with Crippen molar-refractivity contribution in [3.8, 4) is 5.75 Å². The average Bonchev–Trinajstić information content (AvgIpc) is 2.62. The van der Waals surface area contributed by atoms with Gasteiger partial charge in [-0.25, -0.2) is 0 Å². The van der Waals surface area contributed by atoms with E-state index in [4.69, 9.17) is 10.5 Å². The molecule has 3 N–H and O–H groups in total. The van der Waals surface area contributed by atoms with Crippen molar-refractivity contribution in [1.82, 2.24) is 5.32 Å². The summed E-state index contributed by atoms with van der Waals surface area (Å²) >= 11 is 0. The summed E-state index contributed by atoms with van der Waals surface area (Å²) in [6, 6.07) is 17.2. The average molecular weight is 380 g/mol. The van der Waals surface area contributed by atoms with Crippen molar-refractivity contribution in [1.29, 1.82) is 0 Å². The second-order valence-electron chi connectivity index (χ2n) is 6.06. The smallest absolute Gasteiger partial charge is 0.392 e. The lowest BCUT2D eigenvalue weighted by molar-refractivity contribution is -0.139. The predicted octanol–water partition coefficient (Wildman–Crippen LogP) is 4.92. The normalized spacial score (nSPS) is 12.8. The zero-order chi connectivity index (χ0) is 20.3. The maximum atomic E-state index is 12.0. The molecular weight excluding hydrogens is 353 g/mol. The Balaban J connectivity index is 0.000000433. The Hall–Kier alpha value is -2.31. The Morgan fingerprint density at radius 2 is 1.81 bits per heavy atom. The summed E-state index contributed by atoms with van der Waals surface area (Å²) in [7, 11) is 1.74. The summed E-state index contributed by atoms with van der Waals surface area (Å²) in [6.45, 7) is 3.58. The molecule has 2 rings (SSSR count). The van der Waals surface area contributed by atoms with Gasteiger partial charge in [-0.2, -0.15) is 13.2 Å². The van der Waals surface area contributed by atoms with Crippen LogP contribution < -0.4 is 15.8 Å². The first-order chi connectivity index (χ1) is 12.7. The first-order valence-electron chi connectivity index (χ1n) is 8.64. The molecule has 6 heteroatoms. The Morgan fingerprint density at radius 1 is 1.15 bits per heavy atom. The van der Waals surface area contributed by atoms with E-state index in [2.05, 4.69) is 24.4 Å². The molecule has 0 bridgehead atoms. The van der Waals surface area contributed by atoms with Crippen LogP contribution in [0.2, 0.25) is 0 Å². The Kier molecular flexibility index (Phi) is 9.61. The lowest BCUT2D eigenvalue weighted by Crippen LogP contribution is -2.32. The molecule has 3 nitrogen and oxygen atoms in total. The van der Waals surface area contributed by atoms with Gasteiger partial charge in [0.1, 0.15) is 5.75 Å². The molecular formula is C21H27F3N2O. The van der Waals surface area contributed by atoms with Crippen LogP contribution in [-0.4, -0.2) is 26.0 Å². The van der Waals surface area contributed by atoms with Crippen LogP contribution in [-0.2, 0) is 0 Å². The van der Waals surface area contributed by atoms with Gasteiger partial charge in [0.2, 0.25) is 0 Å². The number of aryl methyl sites for hydroxylation is 1. The highest BCUT2D eigenvalue weighted by Gasteiger charge is 2.26. The standard InChI is InChI=1S/C14H19F3N2O.C7H8/c1-10(8-13(18)19-2)11-4-3-5-12(9-11)20-7-6-14(15,16)17;1-7-5-3-2-4-6-7/h3-5,8-9,13,19H,6-7,18H2,1-2H3;2-6H,1H3/b10-8+;. The molecule has 0 amide bonds. The minimum absolute atomic E-state index is 0.273. The number of allylic oxidation sites excluding steroid dienone is 1. The van der Waals surface area contributed by atoms with Gasteiger partial charge in [-0.05, 0) is 50.2 Å². The molecule has 1 atom stereocenters. The number of rotatable bonds is 6. The predicted molar refractivity (Wildman–Crippen MR) is 104 cm³/mol. The molecule has 0 aliphatic carbocycles. The van der Waals surface area contributed by atoms with Crippen molar-refractivity contribution in [2.75, 3.05) is 13.7 Å². The van der Waals surface area contributed by atoms with Crippen LogP contribution >= 0.6 is 0 Å². The van der Waals surface area contributed by atoms with Crippen molar-refractivity contribution in [3.63, 3.8) is 0 Å². The largest absolute Gasteiger partial charge is 0.493 e. The van der Waals surface area contributed by atoms with Gasteiger partial charge in [0.05, 0.1) is 19.2 Å². The molecule has 0 aliphatic heterocycles. The van der Waals surface area contributed by atoms with E-state index in [-0.39, 0.29) is 12.8 Å². The summed E-state index contributed by atoms with van der Waals surface area (Å²) in [5.41, 5.74) is 8.84. The fraction of sp³-hybridized carbons (Fsp3) is 0.333. The minimum Gasteiger partial charge on any atom is -0.493 e. The topological polar surface area (TPSA) is 47.3 Å². The number of nitrogens with two attached hydrogens (primary N) is 1. The van der Waals surface area contributed by atoms with Gasteiger partial charge in [0.25, 0.3) is 0 Å². The van der Waals surface area contributed by atoms with Crippen LogP contribution in [0.5, 0.6) is 5.75 Å². The lowest BCUT2D eigenvalue weighted by atomic mass is 10.1. The second-order valence-corrected chi connectivity index (χ2v) is 6.06. The van der Waals surface area contributed by atoms with Crippen molar-refractivity contribution < 1.29 is 17.9 Å². The molecule has 0 aromatic heterocycles. The summed E-state index contributed by atoms with van der Waals surface area (Å²) < 4.78 is 41.2. The monoisotopic (exact) mass is 380 g/mol. The first-order valence-corrected chi connectivity index (χ1v) is 8.64. The third-order valence-electron chi connectivity index (χ3n) is 3.65. The van der Waals surface area contributed by atoms with Gasteiger partial charge >= 0.3 is 6.18 Å². The fourth-order valence-electron chi connectivity index (χ4n) is 2.10. The molecule has 0 fully saturated rings. The van der Waals surface area contributed by atoms with E-state index in [9.17, 15) is 13.2 Å². The number of nitrogens with one attached hydrogen (secondary N) is 1. The molecule has 0 spiro atoms. The van der Waals surface area contributed by atoms with Gasteiger partial charge in [0, 0.05) is 0 Å². The Bertz CT molecular complexity index is 700. The molecule has 148 valence electrons. The number of benzene rings is 2. The van der Waals surface area contributed by atoms with Gasteiger partial charge < -0.3 is 15.8 Å². The van der Waals surface area contributed by atoms with Gasteiger partial charge in [-0.1, -0.05) is 48.0 Å². The van der Waals surface area contributed by atoms with Crippen LogP contribution in [0.25, 0.3) is 5.57 Å². The summed E-state index contributed by atoms with van der Waals surface area (Å²) in [4.78, 5) is 0. The number of alkyl halides is 3. The van der Waals surface area contributed by atoms with Crippen molar-refractivity contribution in [2.24, 2.45) is 5.73 Å². The molecule has 0 saturated carbocycles. The fourth-order valence-corrected chi connectivity index (χ4v) is 2.10. The SMILES string of the molecule is CNC(N)/C=C(\C)c1cccc(OCCC(F)(F)F)c1.Cc1ccccc1. The molecule has 2 aromatic carbocycles. The van der Waals surface area contributed by atoms with Gasteiger partial charge in [-0.3, -0.25) is 0 Å². The molecule has 2 aromatic rings. The quantitative estimate of drug-likeness (QED) is 0.699.